The van der Waals surface area contributed by atoms with Crippen molar-refractivity contribution in [2.75, 3.05) is 39.6 Å². The molecule has 0 aromatic rings. The van der Waals surface area contributed by atoms with Gasteiger partial charge >= 0.3 is 39.5 Å². The molecule has 0 aliphatic rings. The number of phosphoric acid groups is 2. The number of rotatable bonds is 63. The topological polar surface area (TPSA) is 237 Å². The summed E-state index contributed by atoms with van der Waals surface area (Å²) in [7, 11) is -9.91. The van der Waals surface area contributed by atoms with Crippen LogP contribution in [-0.2, 0) is 65.4 Å². The SMILES string of the molecule is CCCCCC/C=C\C=C/CCCCCCCC(=O)OC[C@H](COP(=O)(O)OC[C@@H](O)COP(=O)(O)OC[C@@H](COC(=O)CCCCCCCCC)OC(=O)CCCCCCCCC(C)C)OC(=O)CCCCCCC/C=C\C=C/CCCCCC. The van der Waals surface area contributed by atoms with Crippen LogP contribution in [0.5, 0.6) is 0 Å². The highest BCUT2D eigenvalue weighted by atomic mass is 31.2. The smallest absolute Gasteiger partial charge is 0.462 e. The molecule has 2 unspecified atom stereocenters. The Hall–Kier alpha value is -2.98. The largest absolute Gasteiger partial charge is 0.472 e. The summed E-state index contributed by atoms with van der Waals surface area (Å²) in [6, 6.07) is 0. The van der Waals surface area contributed by atoms with Gasteiger partial charge in [0.15, 0.2) is 12.2 Å². The van der Waals surface area contributed by atoms with Gasteiger partial charge in [0.1, 0.15) is 19.3 Å². The van der Waals surface area contributed by atoms with Crippen molar-refractivity contribution in [3.05, 3.63) is 48.6 Å². The monoisotopic (exact) mass is 1260 g/mol. The van der Waals surface area contributed by atoms with Crippen LogP contribution < -0.4 is 0 Å². The van der Waals surface area contributed by atoms with Gasteiger partial charge in [0.2, 0.25) is 0 Å². The van der Waals surface area contributed by atoms with Gasteiger partial charge in [-0.1, -0.05) is 237 Å². The molecular weight excluding hydrogens is 1140 g/mol. The predicted octanol–water partition coefficient (Wildman–Crippen LogP) is 18.1. The molecule has 0 aliphatic carbocycles. The van der Waals surface area contributed by atoms with Gasteiger partial charge in [0.25, 0.3) is 0 Å². The van der Waals surface area contributed by atoms with E-state index in [9.17, 15) is 43.2 Å². The van der Waals surface area contributed by atoms with Crippen LogP contribution in [0.2, 0.25) is 0 Å². The first kappa shape index (κ1) is 83.0. The van der Waals surface area contributed by atoms with E-state index in [4.69, 9.17) is 37.0 Å². The molecule has 0 rings (SSSR count). The highest BCUT2D eigenvalue weighted by Gasteiger charge is 2.30. The van der Waals surface area contributed by atoms with E-state index >= 15 is 0 Å². The fourth-order valence-electron chi connectivity index (χ4n) is 9.03. The third kappa shape index (κ3) is 60.0. The molecule has 0 radical (unpaired) electrons. The molecule has 0 aromatic carbocycles. The van der Waals surface area contributed by atoms with Gasteiger partial charge in [-0.15, -0.1) is 0 Å². The normalized spacial score (nSPS) is 14.5. The molecule has 19 heteroatoms. The number of unbranched alkanes of at least 4 members (excludes halogenated alkanes) is 29. The number of carbonyl (C=O) groups is 4. The summed E-state index contributed by atoms with van der Waals surface area (Å²) in [5.74, 6) is -1.53. The van der Waals surface area contributed by atoms with Crippen LogP contribution in [0.4, 0.5) is 0 Å². The van der Waals surface area contributed by atoms with Crippen molar-refractivity contribution in [2.24, 2.45) is 5.92 Å². The average molecular weight is 1260 g/mol. The van der Waals surface area contributed by atoms with E-state index in [-0.39, 0.29) is 25.7 Å². The Labute approximate surface area is 521 Å². The van der Waals surface area contributed by atoms with Gasteiger partial charge in [-0.3, -0.25) is 37.3 Å². The van der Waals surface area contributed by atoms with Crippen molar-refractivity contribution in [3.63, 3.8) is 0 Å². The van der Waals surface area contributed by atoms with Crippen molar-refractivity contribution in [1.82, 2.24) is 0 Å². The maximum atomic E-state index is 13.0. The van der Waals surface area contributed by atoms with E-state index < -0.39 is 97.5 Å². The molecule has 502 valence electrons. The molecule has 0 bridgehead atoms. The number of phosphoric ester groups is 2. The van der Waals surface area contributed by atoms with Crippen LogP contribution >= 0.6 is 15.6 Å². The van der Waals surface area contributed by atoms with Crippen molar-refractivity contribution in [2.45, 2.75) is 310 Å². The quantitative estimate of drug-likeness (QED) is 0.0169. The Kier molecular flexibility index (Phi) is 57.6. The van der Waals surface area contributed by atoms with Crippen molar-refractivity contribution < 1.29 is 80.2 Å². The number of ether oxygens (including phenoxy) is 4. The van der Waals surface area contributed by atoms with Crippen LogP contribution in [0.1, 0.15) is 291 Å². The molecule has 3 N–H and O–H groups in total. The predicted molar refractivity (Wildman–Crippen MR) is 344 cm³/mol. The molecule has 0 amide bonds. The standard InChI is InChI=1S/C67H122O17P2/c1-6-9-12-15-18-20-22-24-26-28-30-32-35-41-46-51-65(70)78-57-62(83-66(71)52-47-42-36-33-31-29-27-25-23-21-19-16-13-10-7-2)58-81-85(73,74)79-54-61(68)55-80-86(75,76)82-59-63(56-77-64(69)50-45-40-34-17-14-11-8-3)84-67(72)53-48-43-38-37-39-44-49-60(4)5/h20-27,60-63,68H,6-19,28-59H2,1-5H3,(H,73,74)(H,75,76)/b22-20-,23-21-,26-24-,27-25-/t61-,62-,63-/m1/s1. The number of hydrogen-bond donors (Lipinski definition) is 3. The number of hydrogen-bond acceptors (Lipinski definition) is 15. The van der Waals surface area contributed by atoms with Crippen molar-refractivity contribution in [3.8, 4) is 0 Å². The highest BCUT2D eigenvalue weighted by molar-refractivity contribution is 7.47. The van der Waals surface area contributed by atoms with E-state index in [1.165, 1.54) is 70.6 Å². The van der Waals surface area contributed by atoms with Gasteiger partial charge in [-0.25, -0.2) is 9.13 Å². The first-order valence-corrected chi connectivity index (χ1v) is 36.8. The van der Waals surface area contributed by atoms with Gasteiger partial charge < -0.3 is 33.8 Å². The molecule has 0 heterocycles. The molecule has 0 spiro atoms. The molecular formula is C67H122O17P2. The summed E-state index contributed by atoms with van der Waals surface area (Å²) in [5.41, 5.74) is 0. The van der Waals surface area contributed by atoms with Crippen LogP contribution in [0.3, 0.4) is 0 Å². The minimum atomic E-state index is -4.96. The molecule has 86 heavy (non-hydrogen) atoms. The lowest BCUT2D eigenvalue weighted by Crippen LogP contribution is -2.30. The first-order chi connectivity index (χ1) is 41.5. The molecule has 0 aliphatic heterocycles. The Morgan fingerprint density at radius 1 is 0.360 bits per heavy atom. The highest BCUT2D eigenvalue weighted by Crippen LogP contribution is 2.45. The van der Waals surface area contributed by atoms with Gasteiger partial charge in [0.05, 0.1) is 26.4 Å². The lowest BCUT2D eigenvalue weighted by Gasteiger charge is -2.21. The van der Waals surface area contributed by atoms with Crippen LogP contribution in [-0.4, -0.2) is 96.7 Å². The molecule has 0 aromatic heterocycles. The lowest BCUT2D eigenvalue weighted by atomic mass is 10.0. The van der Waals surface area contributed by atoms with Gasteiger partial charge in [0, 0.05) is 25.7 Å². The third-order valence-electron chi connectivity index (χ3n) is 14.3. The minimum absolute atomic E-state index is 0.0779. The fourth-order valence-corrected chi connectivity index (χ4v) is 10.6. The molecule has 17 nitrogen and oxygen atoms in total. The second kappa shape index (κ2) is 59.6. The summed E-state index contributed by atoms with van der Waals surface area (Å²) >= 11 is 0. The zero-order valence-corrected chi connectivity index (χ0v) is 56.2. The van der Waals surface area contributed by atoms with E-state index in [1.807, 2.05) is 0 Å². The number of aliphatic hydroxyl groups excluding tert-OH is 1. The van der Waals surface area contributed by atoms with Crippen LogP contribution in [0.15, 0.2) is 48.6 Å². The summed E-state index contributed by atoms with van der Waals surface area (Å²) in [6.07, 6.45) is 50.6. The molecule has 0 saturated carbocycles. The maximum Gasteiger partial charge on any atom is 0.472 e. The second-order valence-corrected chi connectivity index (χ2v) is 26.2. The second-order valence-electron chi connectivity index (χ2n) is 23.3. The number of carbonyl (C=O) groups excluding carboxylic acids is 4. The molecule has 0 saturated heterocycles. The van der Waals surface area contributed by atoms with Gasteiger partial charge in [-0.2, -0.15) is 0 Å². The van der Waals surface area contributed by atoms with E-state index in [2.05, 4.69) is 83.2 Å². The minimum Gasteiger partial charge on any atom is -0.462 e. The average Bonchev–Trinajstić information content (AvgIpc) is 3.64. The summed E-state index contributed by atoms with van der Waals surface area (Å²) in [5, 5.41) is 10.5. The first-order valence-electron chi connectivity index (χ1n) is 33.8. The zero-order chi connectivity index (χ0) is 63.5. The summed E-state index contributed by atoms with van der Waals surface area (Å²) in [4.78, 5) is 72.1. The van der Waals surface area contributed by atoms with E-state index in [1.54, 1.807) is 0 Å². The Balaban J connectivity index is 5.28. The van der Waals surface area contributed by atoms with Gasteiger partial charge in [-0.05, 0) is 83.0 Å². The third-order valence-corrected chi connectivity index (χ3v) is 16.2. The molecule has 0 fully saturated rings. The van der Waals surface area contributed by atoms with Crippen LogP contribution in [0.25, 0.3) is 0 Å². The van der Waals surface area contributed by atoms with E-state index in [0.29, 0.717) is 31.6 Å². The Morgan fingerprint density at radius 3 is 0.953 bits per heavy atom. The Morgan fingerprint density at radius 2 is 0.628 bits per heavy atom. The summed E-state index contributed by atoms with van der Waals surface area (Å²) < 4.78 is 67.9. The fraction of sp³-hybridized carbons (Fsp3) is 0.821. The lowest BCUT2D eigenvalue weighted by molar-refractivity contribution is -0.161. The van der Waals surface area contributed by atoms with E-state index in [0.717, 1.165) is 135 Å². The van der Waals surface area contributed by atoms with Crippen molar-refractivity contribution >= 4 is 39.5 Å². The van der Waals surface area contributed by atoms with Crippen LogP contribution in [0, 0.1) is 5.92 Å². The molecule has 5 atom stereocenters. The zero-order valence-electron chi connectivity index (χ0n) is 54.4. The van der Waals surface area contributed by atoms with Crippen molar-refractivity contribution in [1.29, 1.82) is 0 Å². The maximum absolute atomic E-state index is 13.0. The number of aliphatic hydroxyl groups is 1. The number of allylic oxidation sites excluding steroid dienone is 8. The Bertz CT molecular complexity index is 1850. The summed E-state index contributed by atoms with van der Waals surface area (Å²) in [6.45, 7) is 6.94. The number of esters is 4.